The molecule has 4 heteroatoms. The van der Waals surface area contributed by atoms with Crippen molar-refractivity contribution in [3.05, 3.63) is 23.4 Å². The van der Waals surface area contributed by atoms with Crippen LogP contribution in [0.2, 0.25) is 0 Å². The van der Waals surface area contributed by atoms with Crippen LogP contribution >= 0.6 is 0 Å². The Bertz CT molecular complexity index is 383. The number of hydrogen-bond acceptors (Lipinski definition) is 4. The van der Waals surface area contributed by atoms with Gasteiger partial charge in [-0.15, -0.1) is 0 Å². The minimum Gasteiger partial charge on any atom is -0.392 e. The molecule has 0 aliphatic carbocycles. The van der Waals surface area contributed by atoms with Gasteiger partial charge in [-0.2, -0.15) is 0 Å². The summed E-state index contributed by atoms with van der Waals surface area (Å²) in [5.74, 6) is 1.00. The summed E-state index contributed by atoms with van der Waals surface area (Å²) < 4.78 is 0. The van der Waals surface area contributed by atoms with Crippen molar-refractivity contribution in [2.24, 2.45) is 0 Å². The lowest BCUT2D eigenvalue weighted by Crippen LogP contribution is -2.30. The van der Waals surface area contributed by atoms with Crippen molar-refractivity contribution >= 4 is 5.82 Å². The summed E-state index contributed by atoms with van der Waals surface area (Å²) in [6.07, 6.45) is 2.04. The van der Waals surface area contributed by atoms with E-state index in [4.69, 9.17) is 4.98 Å². The minimum atomic E-state index is 0.0829. The Morgan fingerprint density at radius 1 is 1.00 bits per heavy atom. The highest BCUT2D eigenvalue weighted by atomic mass is 16.3. The van der Waals surface area contributed by atoms with Crippen LogP contribution in [0.15, 0.2) is 12.1 Å². The maximum absolute atomic E-state index is 9.40. The van der Waals surface area contributed by atoms with Crippen LogP contribution in [0.5, 0.6) is 0 Å². The molecule has 0 saturated heterocycles. The molecule has 120 valence electrons. The van der Waals surface area contributed by atoms with Crippen LogP contribution in [-0.2, 0) is 13.0 Å². The molecular weight excluding hydrogens is 262 g/mol. The van der Waals surface area contributed by atoms with Crippen molar-refractivity contribution in [1.82, 2.24) is 9.88 Å². The van der Waals surface area contributed by atoms with Gasteiger partial charge < -0.3 is 14.9 Å². The van der Waals surface area contributed by atoms with Crippen LogP contribution < -0.4 is 4.90 Å². The van der Waals surface area contributed by atoms with Gasteiger partial charge in [0.1, 0.15) is 5.82 Å². The monoisotopic (exact) mass is 293 g/mol. The van der Waals surface area contributed by atoms with E-state index in [1.807, 2.05) is 12.1 Å². The third kappa shape index (κ3) is 5.64. The number of aromatic nitrogens is 1. The summed E-state index contributed by atoms with van der Waals surface area (Å²) in [4.78, 5) is 9.46. The number of aliphatic hydroxyl groups is 1. The summed E-state index contributed by atoms with van der Waals surface area (Å²) in [5, 5.41) is 9.40. The summed E-state index contributed by atoms with van der Waals surface area (Å²) >= 11 is 0. The molecule has 0 spiro atoms. The van der Waals surface area contributed by atoms with Gasteiger partial charge in [0.15, 0.2) is 0 Å². The van der Waals surface area contributed by atoms with E-state index >= 15 is 0 Å². The summed E-state index contributed by atoms with van der Waals surface area (Å²) in [7, 11) is 0. The molecule has 0 radical (unpaired) electrons. The predicted molar refractivity (Wildman–Crippen MR) is 89.8 cm³/mol. The molecule has 0 amide bonds. The highest BCUT2D eigenvalue weighted by Crippen LogP contribution is 2.16. The second-order valence-corrected chi connectivity index (χ2v) is 5.30. The van der Waals surface area contributed by atoms with E-state index in [9.17, 15) is 5.11 Å². The Morgan fingerprint density at radius 2 is 1.71 bits per heavy atom. The van der Waals surface area contributed by atoms with Gasteiger partial charge in [0, 0.05) is 18.8 Å². The fourth-order valence-electron chi connectivity index (χ4n) is 2.53. The lowest BCUT2D eigenvalue weighted by molar-refractivity contribution is 0.281. The van der Waals surface area contributed by atoms with Crippen molar-refractivity contribution in [3.8, 4) is 0 Å². The normalized spacial score (nSPS) is 11.1. The molecule has 0 atom stereocenters. The van der Waals surface area contributed by atoms with Gasteiger partial charge in [0.05, 0.1) is 6.61 Å². The number of hydrogen-bond donors (Lipinski definition) is 1. The zero-order valence-corrected chi connectivity index (χ0v) is 14.1. The van der Waals surface area contributed by atoms with Gasteiger partial charge in [-0.05, 0) is 57.1 Å². The van der Waals surface area contributed by atoms with Gasteiger partial charge >= 0.3 is 0 Å². The smallest absolute Gasteiger partial charge is 0.129 e. The van der Waals surface area contributed by atoms with Crippen molar-refractivity contribution in [1.29, 1.82) is 0 Å². The Kier molecular flexibility index (Phi) is 8.31. The van der Waals surface area contributed by atoms with Gasteiger partial charge in [0.2, 0.25) is 0 Å². The van der Waals surface area contributed by atoms with E-state index in [2.05, 4.69) is 37.5 Å². The van der Waals surface area contributed by atoms with E-state index in [1.54, 1.807) is 0 Å². The first-order valence-electron chi connectivity index (χ1n) is 8.26. The first kappa shape index (κ1) is 17.9. The topological polar surface area (TPSA) is 39.6 Å². The highest BCUT2D eigenvalue weighted by Gasteiger charge is 2.09. The zero-order valence-electron chi connectivity index (χ0n) is 14.1. The van der Waals surface area contributed by atoms with E-state index < -0.39 is 0 Å². The molecular formula is C17H31N3O. The van der Waals surface area contributed by atoms with Crippen LogP contribution in [-0.4, -0.2) is 47.7 Å². The largest absolute Gasteiger partial charge is 0.392 e. The van der Waals surface area contributed by atoms with E-state index in [0.29, 0.717) is 0 Å². The molecule has 1 rings (SSSR count). The SMILES string of the molecule is CCc1cc(CO)cc(N(CC)CCCN(CC)CC)n1. The fraction of sp³-hybridized carbons (Fsp3) is 0.706. The molecule has 4 nitrogen and oxygen atoms in total. The molecule has 0 aromatic carbocycles. The second kappa shape index (κ2) is 9.74. The van der Waals surface area contributed by atoms with Crippen LogP contribution in [0.4, 0.5) is 5.82 Å². The number of aliphatic hydroxyl groups excluding tert-OH is 1. The van der Waals surface area contributed by atoms with Crippen molar-refractivity contribution in [3.63, 3.8) is 0 Å². The van der Waals surface area contributed by atoms with Crippen LogP contribution in [0.25, 0.3) is 0 Å². The Hall–Kier alpha value is -1.13. The highest BCUT2D eigenvalue weighted by molar-refractivity contribution is 5.42. The molecule has 0 bridgehead atoms. The van der Waals surface area contributed by atoms with Gasteiger partial charge in [-0.3, -0.25) is 0 Å². The lowest BCUT2D eigenvalue weighted by Gasteiger charge is -2.25. The minimum absolute atomic E-state index is 0.0829. The number of anilines is 1. The molecule has 0 saturated carbocycles. The van der Waals surface area contributed by atoms with E-state index in [-0.39, 0.29) is 6.61 Å². The van der Waals surface area contributed by atoms with E-state index in [0.717, 1.165) is 62.6 Å². The quantitative estimate of drug-likeness (QED) is 0.720. The summed E-state index contributed by atoms with van der Waals surface area (Å²) in [6.45, 7) is 14.1. The zero-order chi connectivity index (χ0) is 15.7. The fourth-order valence-corrected chi connectivity index (χ4v) is 2.53. The number of pyridine rings is 1. The summed E-state index contributed by atoms with van der Waals surface area (Å²) in [5.41, 5.74) is 2.01. The maximum Gasteiger partial charge on any atom is 0.129 e. The van der Waals surface area contributed by atoms with Crippen molar-refractivity contribution < 1.29 is 5.11 Å². The molecule has 21 heavy (non-hydrogen) atoms. The molecule has 1 heterocycles. The Balaban J connectivity index is 2.70. The Labute approximate surface area is 129 Å². The maximum atomic E-state index is 9.40. The van der Waals surface area contributed by atoms with Crippen molar-refractivity contribution in [2.45, 2.75) is 47.1 Å². The van der Waals surface area contributed by atoms with Crippen LogP contribution in [0, 0.1) is 0 Å². The first-order valence-corrected chi connectivity index (χ1v) is 8.26. The lowest BCUT2D eigenvalue weighted by atomic mass is 10.2. The van der Waals surface area contributed by atoms with E-state index in [1.165, 1.54) is 0 Å². The number of rotatable bonds is 10. The third-order valence-corrected chi connectivity index (χ3v) is 3.97. The number of aryl methyl sites for hydroxylation is 1. The van der Waals surface area contributed by atoms with Gasteiger partial charge in [-0.1, -0.05) is 20.8 Å². The summed E-state index contributed by atoms with van der Waals surface area (Å²) in [6, 6.07) is 4.01. The standard InChI is InChI=1S/C17H31N3O/c1-5-16-12-15(14-21)13-17(18-16)20(8-4)11-9-10-19(6-2)7-3/h12-13,21H,5-11,14H2,1-4H3. The molecule has 0 aliphatic rings. The molecule has 1 aromatic rings. The average Bonchev–Trinajstić information content (AvgIpc) is 2.54. The predicted octanol–water partition coefficient (Wildman–Crippen LogP) is 2.69. The molecule has 0 aliphatic heterocycles. The second-order valence-electron chi connectivity index (χ2n) is 5.30. The van der Waals surface area contributed by atoms with Crippen LogP contribution in [0.1, 0.15) is 45.4 Å². The Morgan fingerprint density at radius 3 is 2.24 bits per heavy atom. The molecule has 1 aromatic heterocycles. The average molecular weight is 293 g/mol. The first-order chi connectivity index (χ1) is 10.2. The number of nitrogens with zero attached hydrogens (tertiary/aromatic N) is 3. The van der Waals surface area contributed by atoms with Crippen LogP contribution in [0.3, 0.4) is 0 Å². The van der Waals surface area contributed by atoms with Gasteiger partial charge in [-0.25, -0.2) is 4.98 Å². The molecule has 1 N–H and O–H groups in total. The van der Waals surface area contributed by atoms with Crippen molar-refractivity contribution in [2.75, 3.05) is 37.6 Å². The molecule has 0 fully saturated rings. The van der Waals surface area contributed by atoms with Gasteiger partial charge in [0.25, 0.3) is 0 Å². The third-order valence-electron chi connectivity index (χ3n) is 3.97. The molecule has 0 unspecified atom stereocenters.